The van der Waals surface area contributed by atoms with E-state index in [2.05, 4.69) is 5.32 Å². The van der Waals surface area contributed by atoms with E-state index in [1.807, 2.05) is 13.8 Å². The van der Waals surface area contributed by atoms with Crippen LogP contribution < -0.4 is 5.32 Å². The van der Waals surface area contributed by atoms with E-state index in [1.54, 1.807) is 0 Å². The first-order valence-corrected chi connectivity index (χ1v) is 8.74. The number of nitrogens with one attached hydrogen (secondary N) is 1. The second-order valence-electron chi connectivity index (χ2n) is 5.84. The first-order valence-electron chi connectivity index (χ1n) is 6.92. The van der Waals surface area contributed by atoms with Crippen LogP contribution in [0.3, 0.4) is 0 Å². The van der Waals surface area contributed by atoms with Crippen LogP contribution in [0, 0.1) is 17.8 Å². The average molecular weight is 305 g/mol. The predicted octanol–water partition coefficient (Wildman–Crippen LogP) is 0.674. The molecule has 1 fully saturated rings. The number of hydrogen-bond donors (Lipinski definition) is 2. The highest BCUT2D eigenvalue weighted by Gasteiger charge is 2.29. The number of rotatable bonds is 6. The van der Waals surface area contributed by atoms with Crippen LogP contribution in [0.1, 0.15) is 33.1 Å². The second-order valence-corrected chi connectivity index (χ2v) is 8.14. The highest BCUT2D eigenvalue weighted by Crippen LogP contribution is 2.19. The average Bonchev–Trinajstić information content (AvgIpc) is 2.33. The quantitative estimate of drug-likeness (QED) is 0.751. The highest BCUT2D eigenvalue weighted by molar-refractivity contribution is 7.91. The van der Waals surface area contributed by atoms with Crippen molar-refractivity contribution >= 4 is 21.7 Å². The molecule has 1 heterocycles. The molecule has 1 aliphatic heterocycles. The molecule has 1 aliphatic rings. The summed E-state index contributed by atoms with van der Waals surface area (Å²) in [6.45, 7) is 3.98. The molecule has 20 heavy (non-hydrogen) atoms. The topological polar surface area (TPSA) is 101 Å². The first-order chi connectivity index (χ1) is 9.21. The summed E-state index contributed by atoms with van der Waals surface area (Å²) in [6, 6.07) is 0. The molecule has 0 bridgehead atoms. The van der Waals surface area contributed by atoms with E-state index in [4.69, 9.17) is 5.11 Å². The highest BCUT2D eigenvalue weighted by atomic mass is 32.2. The summed E-state index contributed by atoms with van der Waals surface area (Å²) in [4.78, 5) is 23.0. The Morgan fingerprint density at radius 3 is 2.25 bits per heavy atom. The van der Waals surface area contributed by atoms with Crippen molar-refractivity contribution in [2.75, 3.05) is 18.1 Å². The molecule has 0 aliphatic carbocycles. The predicted molar refractivity (Wildman–Crippen MR) is 75.0 cm³/mol. The molecule has 1 amide bonds. The van der Waals surface area contributed by atoms with Crippen LogP contribution in [0.25, 0.3) is 0 Å². The summed E-state index contributed by atoms with van der Waals surface area (Å²) >= 11 is 0. The molecule has 1 rings (SSSR count). The number of carbonyl (C=O) groups is 2. The van der Waals surface area contributed by atoms with Crippen molar-refractivity contribution in [1.29, 1.82) is 0 Å². The van der Waals surface area contributed by atoms with Gasteiger partial charge in [0.05, 0.1) is 17.4 Å². The zero-order chi connectivity index (χ0) is 15.3. The Morgan fingerprint density at radius 2 is 1.80 bits per heavy atom. The maximum absolute atomic E-state index is 11.9. The molecule has 0 radical (unpaired) electrons. The van der Waals surface area contributed by atoms with Gasteiger partial charge in [-0.15, -0.1) is 0 Å². The Morgan fingerprint density at radius 1 is 1.25 bits per heavy atom. The van der Waals surface area contributed by atoms with E-state index < -0.39 is 21.7 Å². The van der Waals surface area contributed by atoms with Gasteiger partial charge in [0.15, 0.2) is 0 Å². The molecule has 0 aromatic carbocycles. The molecule has 6 nitrogen and oxygen atoms in total. The third-order valence-corrected chi connectivity index (χ3v) is 5.27. The molecular formula is C13H23NO5S. The van der Waals surface area contributed by atoms with Gasteiger partial charge in [-0.05, 0) is 25.2 Å². The van der Waals surface area contributed by atoms with E-state index >= 15 is 0 Å². The van der Waals surface area contributed by atoms with E-state index in [0.717, 1.165) is 0 Å². The SMILES string of the molecule is CC(C)CC(CNC(=O)C1CCS(=O)(=O)CC1)C(=O)O. The number of carbonyl (C=O) groups excluding carboxylic acids is 1. The maximum atomic E-state index is 11.9. The number of hydrogen-bond acceptors (Lipinski definition) is 4. The van der Waals surface area contributed by atoms with Crippen LogP contribution in [-0.2, 0) is 19.4 Å². The summed E-state index contributed by atoms with van der Waals surface area (Å²) < 4.78 is 22.6. The van der Waals surface area contributed by atoms with Gasteiger partial charge < -0.3 is 10.4 Å². The Hall–Kier alpha value is -1.11. The summed E-state index contributed by atoms with van der Waals surface area (Å²) in [5, 5.41) is 11.7. The van der Waals surface area contributed by atoms with Crippen LogP contribution in [0.15, 0.2) is 0 Å². The molecule has 2 N–H and O–H groups in total. The smallest absolute Gasteiger partial charge is 0.308 e. The largest absolute Gasteiger partial charge is 0.481 e. The molecule has 116 valence electrons. The standard InChI is InChI=1S/C13H23NO5S/c1-9(2)7-11(13(16)17)8-14-12(15)10-3-5-20(18,19)6-4-10/h9-11H,3-8H2,1-2H3,(H,14,15)(H,16,17). The van der Waals surface area contributed by atoms with E-state index in [-0.39, 0.29) is 35.8 Å². The number of aliphatic carboxylic acids is 1. The molecule has 0 aromatic rings. The summed E-state index contributed by atoms with van der Waals surface area (Å²) in [5.74, 6) is -1.72. The normalized spacial score (nSPS) is 20.6. The van der Waals surface area contributed by atoms with Crippen LogP contribution >= 0.6 is 0 Å². The fourth-order valence-corrected chi connectivity index (χ4v) is 3.85. The van der Waals surface area contributed by atoms with E-state index in [9.17, 15) is 18.0 Å². The number of sulfone groups is 1. The monoisotopic (exact) mass is 305 g/mol. The minimum Gasteiger partial charge on any atom is -0.481 e. The third-order valence-electron chi connectivity index (χ3n) is 3.55. The molecule has 0 aromatic heterocycles. The molecule has 0 saturated carbocycles. The lowest BCUT2D eigenvalue weighted by atomic mass is 9.96. The number of carboxylic acids is 1. The molecule has 1 atom stereocenters. The molecule has 7 heteroatoms. The Labute approximate surface area is 119 Å². The van der Waals surface area contributed by atoms with Gasteiger partial charge in [0.1, 0.15) is 9.84 Å². The fraction of sp³-hybridized carbons (Fsp3) is 0.846. The van der Waals surface area contributed by atoms with Crippen molar-refractivity contribution in [3.8, 4) is 0 Å². The van der Waals surface area contributed by atoms with Crippen molar-refractivity contribution in [2.24, 2.45) is 17.8 Å². The molecule has 1 saturated heterocycles. The van der Waals surface area contributed by atoms with E-state index in [0.29, 0.717) is 19.3 Å². The van der Waals surface area contributed by atoms with Gasteiger partial charge in [-0.2, -0.15) is 0 Å². The summed E-state index contributed by atoms with van der Waals surface area (Å²) in [7, 11) is -2.98. The van der Waals surface area contributed by atoms with Gasteiger partial charge in [0, 0.05) is 12.5 Å². The zero-order valence-corrected chi connectivity index (χ0v) is 12.8. The Kier molecular flexibility index (Phi) is 5.98. The zero-order valence-electron chi connectivity index (χ0n) is 12.0. The Bertz CT molecular complexity index is 443. The Balaban J connectivity index is 2.44. The van der Waals surface area contributed by atoms with E-state index in [1.165, 1.54) is 0 Å². The van der Waals surface area contributed by atoms with Gasteiger partial charge in [-0.3, -0.25) is 9.59 Å². The number of amides is 1. The van der Waals surface area contributed by atoms with Crippen LogP contribution in [0.2, 0.25) is 0 Å². The lowest BCUT2D eigenvalue weighted by molar-refractivity contribution is -0.142. The van der Waals surface area contributed by atoms with Crippen molar-refractivity contribution in [3.63, 3.8) is 0 Å². The first kappa shape index (κ1) is 16.9. The van der Waals surface area contributed by atoms with Gasteiger partial charge in [-0.1, -0.05) is 13.8 Å². The van der Waals surface area contributed by atoms with Gasteiger partial charge in [0.2, 0.25) is 5.91 Å². The van der Waals surface area contributed by atoms with Crippen LogP contribution in [0.4, 0.5) is 0 Å². The maximum Gasteiger partial charge on any atom is 0.308 e. The molecule has 1 unspecified atom stereocenters. The summed E-state index contributed by atoms with van der Waals surface area (Å²) in [6.07, 6.45) is 1.17. The molecular weight excluding hydrogens is 282 g/mol. The van der Waals surface area contributed by atoms with Crippen molar-refractivity contribution < 1.29 is 23.1 Å². The van der Waals surface area contributed by atoms with Gasteiger partial charge >= 0.3 is 5.97 Å². The van der Waals surface area contributed by atoms with Crippen molar-refractivity contribution in [3.05, 3.63) is 0 Å². The van der Waals surface area contributed by atoms with Gasteiger partial charge in [-0.25, -0.2) is 8.42 Å². The van der Waals surface area contributed by atoms with Crippen LogP contribution in [0.5, 0.6) is 0 Å². The lowest BCUT2D eigenvalue weighted by Crippen LogP contribution is -2.40. The third kappa shape index (κ3) is 5.48. The van der Waals surface area contributed by atoms with Crippen molar-refractivity contribution in [1.82, 2.24) is 5.32 Å². The lowest BCUT2D eigenvalue weighted by Gasteiger charge is -2.22. The molecule has 0 spiro atoms. The fourth-order valence-electron chi connectivity index (χ4n) is 2.36. The minimum atomic E-state index is -2.98. The summed E-state index contributed by atoms with van der Waals surface area (Å²) in [5.41, 5.74) is 0. The van der Waals surface area contributed by atoms with Gasteiger partial charge in [0.25, 0.3) is 0 Å². The second kappa shape index (κ2) is 7.06. The van der Waals surface area contributed by atoms with Crippen LogP contribution in [-0.4, -0.2) is 43.5 Å². The minimum absolute atomic E-state index is 0.0411. The van der Waals surface area contributed by atoms with Crippen molar-refractivity contribution in [2.45, 2.75) is 33.1 Å². The number of carboxylic acid groups (broad SMARTS) is 1.